The fourth-order valence-corrected chi connectivity index (χ4v) is 1.78. The number of nitrogens with one attached hydrogen (secondary N) is 1. The molecule has 6 heteroatoms. The van der Waals surface area contributed by atoms with E-state index in [-0.39, 0.29) is 0 Å². The molecule has 2 aromatic heterocycles. The van der Waals surface area contributed by atoms with E-state index in [0.717, 1.165) is 16.6 Å². The number of methoxy groups -OCH3 is 1. The maximum absolute atomic E-state index is 5.85. The number of aromatic amines is 1. The summed E-state index contributed by atoms with van der Waals surface area (Å²) in [4.78, 5) is 9.18. The van der Waals surface area contributed by atoms with E-state index in [1.807, 2.05) is 38.2 Å². The topological polar surface area (TPSA) is 76.4 Å². The zero-order valence-corrected chi connectivity index (χ0v) is 11.7. The van der Waals surface area contributed by atoms with E-state index >= 15 is 0 Å². The average molecular weight is 264 g/mol. The first-order chi connectivity index (χ1) is 8.96. The van der Waals surface area contributed by atoms with Crippen molar-refractivity contribution in [2.24, 2.45) is 0 Å². The van der Waals surface area contributed by atoms with Crippen LogP contribution in [0.1, 0.15) is 12.5 Å². The lowest BCUT2D eigenvalue weighted by molar-refractivity contribution is -0.289. The van der Waals surface area contributed by atoms with Gasteiger partial charge in [-0.1, -0.05) is 0 Å². The number of rotatable bonds is 5. The molecule has 0 amide bonds. The normalized spacial score (nSPS) is 15.0. The molecule has 0 saturated carbocycles. The Bertz CT molecular complexity index is 567. The highest BCUT2D eigenvalue weighted by Gasteiger charge is 2.27. The molecule has 6 nitrogen and oxygen atoms in total. The van der Waals surface area contributed by atoms with Crippen LogP contribution in [0.4, 0.5) is 5.82 Å². The van der Waals surface area contributed by atoms with Crippen molar-refractivity contribution in [2.75, 3.05) is 26.9 Å². The number of hydrogen-bond donors (Lipinski definition) is 2. The van der Waals surface area contributed by atoms with Crippen molar-refractivity contribution in [3.8, 4) is 0 Å². The van der Waals surface area contributed by atoms with Crippen molar-refractivity contribution in [1.82, 2.24) is 14.9 Å². The molecule has 2 rings (SSSR count). The summed E-state index contributed by atoms with van der Waals surface area (Å²) < 4.78 is 11.2. The number of aromatic nitrogens is 2. The second-order valence-electron chi connectivity index (χ2n) is 4.73. The number of H-pyrrole nitrogens is 1. The second-order valence-corrected chi connectivity index (χ2v) is 4.73. The average Bonchev–Trinajstić information content (AvgIpc) is 2.77. The van der Waals surface area contributed by atoms with Crippen molar-refractivity contribution >= 4 is 16.9 Å². The largest absolute Gasteiger partial charge is 0.384 e. The number of ether oxygens (including phenoxy) is 2. The molecule has 0 aromatic carbocycles. The highest BCUT2D eigenvalue weighted by molar-refractivity contribution is 5.80. The first-order valence-corrected chi connectivity index (χ1v) is 6.05. The predicted octanol–water partition coefficient (Wildman–Crippen LogP) is 1.54. The maximum Gasteiger partial charge on any atom is 0.226 e. The molecule has 0 spiro atoms. The Kier molecular flexibility index (Phi) is 3.75. The number of nitrogens with two attached hydrogens (primary N) is 1. The van der Waals surface area contributed by atoms with Crippen molar-refractivity contribution in [1.29, 1.82) is 0 Å². The van der Waals surface area contributed by atoms with Crippen LogP contribution in [0.3, 0.4) is 0 Å². The van der Waals surface area contributed by atoms with Crippen molar-refractivity contribution in [3.63, 3.8) is 0 Å². The van der Waals surface area contributed by atoms with Crippen LogP contribution < -0.4 is 5.73 Å². The van der Waals surface area contributed by atoms with Crippen LogP contribution >= 0.6 is 0 Å². The summed E-state index contributed by atoms with van der Waals surface area (Å²) in [7, 11) is 5.43. The second kappa shape index (κ2) is 5.16. The summed E-state index contributed by atoms with van der Waals surface area (Å²) in [6, 6.07) is 3.72. The quantitative estimate of drug-likeness (QED) is 0.801. The zero-order valence-electron chi connectivity index (χ0n) is 11.7. The molecule has 0 aliphatic carbocycles. The van der Waals surface area contributed by atoms with Gasteiger partial charge < -0.3 is 20.2 Å². The van der Waals surface area contributed by atoms with Crippen LogP contribution in [0.5, 0.6) is 0 Å². The molecular weight excluding hydrogens is 244 g/mol. The first kappa shape index (κ1) is 13.8. The summed E-state index contributed by atoms with van der Waals surface area (Å²) in [6.45, 7) is 2.30. The van der Waals surface area contributed by atoms with Crippen LogP contribution in [-0.2, 0) is 16.1 Å². The molecule has 0 aliphatic heterocycles. The van der Waals surface area contributed by atoms with E-state index in [1.54, 1.807) is 13.2 Å². The van der Waals surface area contributed by atoms with Gasteiger partial charge in [-0.3, -0.25) is 4.90 Å². The third kappa shape index (κ3) is 2.70. The summed E-state index contributed by atoms with van der Waals surface area (Å²) in [5.74, 6) is -0.262. The van der Waals surface area contributed by atoms with Gasteiger partial charge in [0.2, 0.25) is 5.91 Å². The van der Waals surface area contributed by atoms with Crippen LogP contribution in [0.25, 0.3) is 11.0 Å². The highest BCUT2D eigenvalue weighted by atomic mass is 16.7. The van der Waals surface area contributed by atoms with E-state index in [4.69, 9.17) is 15.2 Å². The molecule has 1 atom stereocenters. The number of nitrogens with zero attached hydrogens (tertiary/aromatic N) is 2. The van der Waals surface area contributed by atoms with Crippen molar-refractivity contribution in [3.05, 3.63) is 23.9 Å². The van der Waals surface area contributed by atoms with Gasteiger partial charge in [0, 0.05) is 31.2 Å². The Morgan fingerprint density at radius 2 is 2.16 bits per heavy atom. The zero-order chi connectivity index (χ0) is 14.0. The predicted molar refractivity (Wildman–Crippen MR) is 74.4 cm³/mol. The fraction of sp³-hybridized carbons (Fsp3) is 0.462. The molecule has 0 aliphatic rings. The Hall–Kier alpha value is -1.63. The lowest BCUT2D eigenvalue weighted by Gasteiger charge is -2.34. The Labute approximate surface area is 112 Å². The lowest BCUT2D eigenvalue weighted by Crippen LogP contribution is -2.45. The number of nitrogen functional groups attached to an aromatic ring is 1. The molecule has 0 fully saturated rings. The summed E-state index contributed by atoms with van der Waals surface area (Å²) in [5, 5.41) is 1.01. The number of fused-ring (bicyclic) bond motifs is 1. The van der Waals surface area contributed by atoms with E-state index in [9.17, 15) is 0 Å². The Balaban J connectivity index is 2.18. The monoisotopic (exact) mass is 264 g/mol. The van der Waals surface area contributed by atoms with Crippen molar-refractivity contribution in [2.45, 2.75) is 19.4 Å². The number of anilines is 1. The molecule has 0 radical (unpaired) electrons. The van der Waals surface area contributed by atoms with Crippen LogP contribution in [0, 0.1) is 0 Å². The van der Waals surface area contributed by atoms with Gasteiger partial charge in [0.15, 0.2) is 0 Å². The van der Waals surface area contributed by atoms with E-state index in [1.165, 1.54) is 0 Å². The maximum atomic E-state index is 5.85. The first-order valence-electron chi connectivity index (χ1n) is 6.05. The molecule has 1 unspecified atom stereocenters. The van der Waals surface area contributed by atoms with E-state index in [2.05, 4.69) is 9.97 Å². The van der Waals surface area contributed by atoms with E-state index in [0.29, 0.717) is 12.4 Å². The Morgan fingerprint density at radius 1 is 1.42 bits per heavy atom. The molecule has 104 valence electrons. The lowest BCUT2D eigenvalue weighted by atomic mass is 10.2. The molecule has 19 heavy (non-hydrogen) atoms. The highest BCUT2D eigenvalue weighted by Crippen LogP contribution is 2.22. The molecular formula is C13H20N4O2. The minimum atomic E-state index is -0.759. The van der Waals surface area contributed by atoms with Crippen LogP contribution in [0.2, 0.25) is 0 Å². The van der Waals surface area contributed by atoms with Gasteiger partial charge in [0.1, 0.15) is 11.5 Å². The van der Waals surface area contributed by atoms with Gasteiger partial charge in [-0.15, -0.1) is 0 Å². The van der Waals surface area contributed by atoms with Crippen molar-refractivity contribution < 1.29 is 9.47 Å². The SMILES string of the molecule is COC(C)(OCc1c[nH]c2nc(N)ccc12)N(C)C. The molecule has 2 heterocycles. The van der Waals surface area contributed by atoms with Gasteiger partial charge in [-0.25, -0.2) is 4.98 Å². The fourth-order valence-electron chi connectivity index (χ4n) is 1.78. The summed E-state index contributed by atoms with van der Waals surface area (Å²) in [6.07, 6.45) is 1.88. The minimum Gasteiger partial charge on any atom is -0.384 e. The van der Waals surface area contributed by atoms with Gasteiger partial charge in [0.05, 0.1) is 6.61 Å². The van der Waals surface area contributed by atoms with Gasteiger partial charge in [0.25, 0.3) is 0 Å². The molecule has 2 aromatic rings. The van der Waals surface area contributed by atoms with E-state index < -0.39 is 5.91 Å². The van der Waals surface area contributed by atoms with Gasteiger partial charge >= 0.3 is 0 Å². The Morgan fingerprint density at radius 3 is 2.79 bits per heavy atom. The molecule has 3 N–H and O–H groups in total. The number of hydrogen-bond acceptors (Lipinski definition) is 5. The number of pyridine rings is 1. The smallest absolute Gasteiger partial charge is 0.226 e. The third-order valence-corrected chi connectivity index (χ3v) is 3.33. The molecule has 0 saturated heterocycles. The third-order valence-electron chi connectivity index (χ3n) is 3.33. The van der Waals surface area contributed by atoms with Crippen LogP contribution in [-0.4, -0.2) is 42.0 Å². The summed E-state index contributed by atoms with van der Waals surface area (Å²) in [5.41, 5.74) is 7.44. The van der Waals surface area contributed by atoms with Crippen LogP contribution in [0.15, 0.2) is 18.3 Å². The van der Waals surface area contributed by atoms with Gasteiger partial charge in [-0.05, 0) is 26.2 Å². The van der Waals surface area contributed by atoms with Gasteiger partial charge in [-0.2, -0.15) is 0 Å². The summed E-state index contributed by atoms with van der Waals surface area (Å²) >= 11 is 0. The molecule has 0 bridgehead atoms. The standard InChI is InChI=1S/C13H20N4O2/c1-13(18-4,17(2)3)19-8-9-7-15-12-10(9)5-6-11(14)16-12/h5-7H,8H2,1-4H3,(H3,14,15,16). The minimum absolute atomic E-state index is 0.425.